The number of hydrogen-bond donors (Lipinski definition) is 0. The number of aromatic nitrogens is 3. The van der Waals surface area contributed by atoms with Gasteiger partial charge < -0.3 is 4.90 Å². The predicted molar refractivity (Wildman–Crippen MR) is 94.6 cm³/mol. The monoisotopic (exact) mass is 357 g/mol. The van der Waals surface area contributed by atoms with Crippen LogP contribution in [0.15, 0.2) is 36.9 Å². The van der Waals surface area contributed by atoms with Gasteiger partial charge in [-0.3, -0.25) is 9.69 Å². The van der Waals surface area contributed by atoms with Crippen LogP contribution >= 0.6 is 0 Å². The molecule has 1 atom stereocenters. The van der Waals surface area contributed by atoms with Gasteiger partial charge in [-0.25, -0.2) is 14.1 Å². The molecule has 0 N–H and O–H groups in total. The van der Waals surface area contributed by atoms with Crippen molar-refractivity contribution in [3.8, 4) is 0 Å². The van der Waals surface area contributed by atoms with Gasteiger partial charge in [0.05, 0.1) is 0 Å². The van der Waals surface area contributed by atoms with Crippen molar-refractivity contribution in [3.63, 3.8) is 0 Å². The number of hydrogen-bond acceptors (Lipinski definition) is 4. The van der Waals surface area contributed by atoms with E-state index < -0.39 is 0 Å². The Balaban J connectivity index is 1.38. The van der Waals surface area contributed by atoms with Gasteiger partial charge >= 0.3 is 0 Å². The maximum Gasteiger partial charge on any atom is 0.244 e. The summed E-state index contributed by atoms with van der Waals surface area (Å²) in [6.45, 7) is 4.38. The summed E-state index contributed by atoms with van der Waals surface area (Å²) < 4.78 is 15.5. The smallest absolute Gasteiger partial charge is 0.244 e. The van der Waals surface area contributed by atoms with E-state index in [4.69, 9.17) is 0 Å². The molecule has 1 amide bonds. The highest BCUT2D eigenvalue weighted by atomic mass is 19.1. The number of piperidine rings is 1. The van der Waals surface area contributed by atoms with Gasteiger partial charge in [-0.1, -0.05) is 18.2 Å². The Morgan fingerprint density at radius 2 is 2.08 bits per heavy atom. The Hall–Kier alpha value is -2.28. The second-order valence-corrected chi connectivity index (χ2v) is 7.56. The summed E-state index contributed by atoms with van der Waals surface area (Å²) in [4.78, 5) is 20.7. The molecule has 6 nitrogen and oxygen atoms in total. The first kappa shape index (κ1) is 17.1. The highest BCUT2D eigenvalue weighted by molar-refractivity contribution is 5.76. The number of likely N-dealkylation sites (tertiary alicyclic amines) is 2. The first-order valence-electron chi connectivity index (χ1n) is 9.20. The fraction of sp³-hybridized carbons (Fsp3) is 0.526. The van der Waals surface area contributed by atoms with E-state index in [0.717, 1.165) is 51.0 Å². The summed E-state index contributed by atoms with van der Waals surface area (Å²) >= 11 is 0. The Kier molecular flexibility index (Phi) is 4.72. The molecule has 0 radical (unpaired) electrons. The molecule has 0 unspecified atom stereocenters. The lowest BCUT2D eigenvalue weighted by atomic mass is 9.79. The van der Waals surface area contributed by atoms with Crippen LogP contribution in [0.2, 0.25) is 0 Å². The number of nitrogens with zero attached hydrogens (tertiary/aromatic N) is 5. The average Bonchev–Trinajstić information content (AvgIpc) is 3.28. The Morgan fingerprint density at radius 3 is 2.88 bits per heavy atom. The third-order valence-corrected chi connectivity index (χ3v) is 5.65. The molecule has 4 rings (SSSR count). The summed E-state index contributed by atoms with van der Waals surface area (Å²) in [6, 6.07) is 7.00. The molecule has 3 heterocycles. The minimum Gasteiger partial charge on any atom is -0.340 e. The molecule has 26 heavy (non-hydrogen) atoms. The van der Waals surface area contributed by atoms with Crippen LogP contribution in [0.5, 0.6) is 0 Å². The molecule has 0 aliphatic carbocycles. The highest BCUT2D eigenvalue weighted by Gasteiger charge is 2.42. The van der Waals surface area contributed by atoms with Gasteiger partial charge in [-0.05, 0) is 31.9 Å². The van der Waals surface area contributed by atoms with Crippen LogP contribution in [-0.4, -0.2) is 56.7 Å². The van der Waals surface area contributed by atoms with E-state index in [9.17, 15) is 9.18 Å². The van der Waals surface area contributed by atoms with Crippen LogP contribution < -0.4 is 0 Å². The zero-order valence-corrected chi connectivity index (χ0v) is 14.9. The molecule has 2 aromatic rings. The van der Waals surface area contributed by atoms with Crippen LogP contribution in [-0.2, 0) is 17.9 Å². The second-order valence-electron chi connectivity index (χ2n) is 7.56. The minimum absolute atomic E-state index is 0.0959. The molecule has 0 bridgehead atoms. The largest absolute Gasteiger partial charge is 0.340 e. The quantitative estimate of drug-likeness (QED) is 0.839. The maximum atomic E-state index is 14.0. The number of amides is 1. The highest BCUT2D eigenvalue weighted by Crippen LogP contribution is 2.39. The van der Waals surface area contributed by atoms with Crippen LogP contribution in [0.3, 0.4) is 0 Å². The standard InChI is InChI=1S/C19H24FN5O/c20-17-5-2-1-4-16(17)10-23-8-3-6-19(12-23)7-9-24(13-19)18(26)11-25-15-21-14-22-25/h1-2,4-5,14-15H,3,6-13H2/t19-/m1/s1. The summed E-state index contributed by atoms with van der Waals surface area (Å²) in [6.07, 6.45) is 6.26. The Labute approximate surface area is 152 Å². The molecule has 2 fully saturated rings. The molecule has 7 heteroatoms. The molecule has 138 valence electrons. The van der Waals surface area contributed by atoms with Crippen LogP contribution in [0, 0.1) is 11.2 Å². The van der Waals surface area contributed by atoms with E-state index in [1.165, 1.54) is 12.4 Å². The number of rotatable bonds is 4. The lowest BCUT2D eigenvalue weighted by Crippen LogP contribution is -2.45. The van der Waals surface area contributed by atoms with E-state index in [2.05, 4.69) is 15.0 Å². The van der Waals surface area contributed by atoms with Gasteiger partial charge in [0.25, 0.3) is 0 Å². The van der Waals surface area contributed by atoms with Gasteiger partial charge in [-0.15, -0.1) is 0 Å². The van der Waals surface area contributed by atoms with Crippen molar-refractivity contribution in [2.24, 2.45) is 5.41 Å². The molecule has 1 spiro atoms. The van der Waals surface area contributed by atoms with Crippen molar-refractivity contribution in [1.82, 2.24) is 24.6 Å². The normalized spacial score (nSPS) is 23.7. The van der Waals surface area contributed by atoms with Crippen molar-refractivity contribution in [3.05, 3.63) is 48.3 Å². The Morgan fingerprint density at radius 1 is 1.19 bits per heavy atom. The van der Waals surface area contributed by atoms with Gasteiger partial charge in [0.15, 0.2) is 0 Å². The fourth-order valence-corrected chi connectivity index (χ4v) is 4.35. The van der Waals surface area contributed by atoms with E-state index in [1.807, 2.05) is 17.0 Å². The van der Waals surface area contributed by atoms with E-state index in [0.29, 0.717) is 6.54 Å². The molecule has 1 aromatic heterocycles. The van der Waals surface area contributed by atoms with E-state index in [1.54, 1.807) is 17.1 Å². The van der Waals surface area contributed by atoms with Gasteiger partial charge in [0.1, 0.15) is 25.0 Å². The molecule has 2 saturated heterocycles. The van der Waals surface area contributed by atoms with Crippen LogP contribution in [0.25, 0.3) is 0 Å². The van der Waals surface area contributed by atoms with Crippen molar-refractivity contribution in [1.29, 1.82) is 0 Å². The molecule has 0 saturated carbocycles. The van der Waals surface area contributed by atoms with Crippen molar-refractivity contribution >= 4 is 5.91 Å². The van der Waals surface area contributed by atoms with Crippen LogP contribution in [0.1, 0.15) is 24.8 Å². The molecular formula is C19H24FN5O. The van der Waals surface area contributed by atoms with Crippen molar-refractivity contribution in [2.45, 2.75) is 32.4 Å². The average molecular weight is 357 g/mol. The third kappa shape index (κ3) is 3.62. The van der Waals surface area contributed by atoms with Crippen LogP contribution in [0.4, 0.5) is 4.39 Å². The first-order valence-corrected chi connectivity index (χ1v) is 9.20. The Bertz CT molecular complexity index is 765. The molecular weight excluding hydrogens is 333 g/mol. The summed E-state index contributed by atoms with van der Waals surface area (Å²) in [5, 5.41) is 4.01. The van der Waals surface area contributed by atoms with E-state index in [-0.39, 0.29) is 23.7 Å². The summed E-state index contributed by atoms with van der Waals surface area (Å²) in [5.41, 5.74) is 0.892. The molecule has 2 aliphatic heterocycles. The minimum atomic E-state index is -0.136. The number of halogens is 1. The molecule has 1 aromatic carbocycles. The van der Waals surface area contributed by atoms with Crippen molar-refractivity contribution in [2.75, 3.05) is 26.2 Å². The van der Waals surface area contributed by atoms with Crippen molar-refractivity contribution < 1.29 is 9.18 Å². The second kappa shape index (κ2) is 7.15. The zero-order chi connectivity index (χ0) is 18.0. The number of benzene rings is 1. The fourth-order valence-electron chi connectivity index (χ4n) is 4.35. The van der Waals surface area contributed by atoms with Gasteiger partial charge in [0.2, 0.25) is 5.91 Å². The summed E-state index contributed by atoms with van der Waals surface area (Å²) in [7, 11) is 0. The number of carbonyl (C=O) groups is 1. The first-order chi connectivity index (χ1) is 12.6. The topological polar surface area (TPSA) is 54.3 Å². The lowest BCUT2D eigenvalue weighted by Gasteiger charge is -2.40. The van der Waals surface area contributed by atoms with Gasteiger partial charge in [0, 0.05) is 37.2 Å². The third-order valence-electron chi connectivity index (χ3n) is 5.65. The van der Waals surface area contributed by atoms with Gasteiger partial charge in [-0.2, -0.15) is 5.10 Å². The maximum absolute atomic E-state index is 14.0. The SMILES string of the molecule is O=C(Cn1cncn1)N1CC[C@@]2(CCCN(Cc3ccccc3F)C2)C1. The predicted octanol–water partition coefficient (Wildman–Crippen LogP) is 1.93. The summed E-state index contributed by atoms with van der Waals surface area (Å²) in [5.74, 6) is -0.0400. The molecule has 2 aliphatic rings. The zero-order valence-electron chi connectivity index (χ0n) is 14.9. The van der Waals surface area contributed by atoms with E-state index >= 15 is 0 Å². The lowest BCUT2D eigenvalue weighted by molar-refractivity contribution is -0.131. The number of carbonyl (C=O) groups excluding carboxylic acids is 1.